The Bertz CT molecular complexity index is 641. The van der Waals surface area contributed by atoms with Crippen molar-refractivity contribution in [2.75, 3.05) is 6.54 Å². The van der Waals surface area contributed by atoms with Gasteiger partial charge in [-0.25, -0.2) is 9.37 Å². The van der Waals surface area contributed by atoms with Gasteiger partial charge in [0.25, 0.3) is 0 Å². The fraction of sp³-hybridized carbons (Fsp3) is 0.438. The maximum absolute atomic E-state index is 13.3. The summed E-state index contributed by atoms with van der Waals surface area (Å²) in [6.07, 6.45) is 4.50. The van der Waals surface area contributed by atoms with Crippen LogP contribution in [0.5, 0.6) is 0 Å². The maximum atomic E-state index is 13.3. The van der Waals surface area contributed by atoms with Gasteiger partial charge in [0.2, 0.25) is 0 Å². The fourth-order valence-electron chi connectivity index (χ4n) is 2.69. The minimum atomic E-state index is -0.385. The van der Waals surface area contributed by atoms with Crippen LogP contribution in [0.2, 0.25) is 5.02 Å². The highest BCUT2D eigenvalue weighted by Crippen LogP contribution is 2.38. The van der Waals surface area contributed by atoms with Gasteiger partial charge in [0.15, 0.2) is 0 Å². The summed E-state index contributed by atoms with van der Waals surface area (Å²) in [5.74, 6) is -0.385. The smallest absolute Gasteiger partial charge is 0.141 e. The van der Waals surface area contributed by atoms with Crippen LogP contribution in [0.3, 0.4) is 0 Å². The van der Waals surface area contributed by atoms with Gasteiger partial charge in [-0.05, 0) is 50.4 Å². The second-order valence-corrected chi connectivity index (χ2v) is 6.80. The molecule has 1 aliphatic carbocycles. The minimum Gasteiger partial charge on any atom is -0.309 e. The summed E-state index contributed by atoms with van der Waals surface area (Å²) in [6.45, 7) is 3.20. The molecule has 0 radical (unpaired) electrons. The fourth-order valence-corrected chi connectivity index (χ4v) is 4.08. The zero-order valence-electron chi connectivity index (χ0n) is 12.0. The van der Waals surface area contributed by atoms with Crippen LogP contribution in [0.25, 0.3) is 10.6 Å². The van der Waals surface area contributed by atoms with Gasteiger partial charge < -0.3 is 5.32 Å². The number of aromatic nitrogens is 1. The summed E-state index contributed by atoms with van der Waals surface area (Å²) in [4.78, 5) is 6.09. The summed E-state index contributed by atoms with van der Waals surface area (Å²) in [6, 6.07) is 5.23. The first kappa shape index (κ1) is 14.9. The van der Waals surface area contributed by atoms with Crippen LogP contribution in [0.4, 0.5) is 4.39 Å². The number of fused-ring (bicyclic) bond motifs is 1. The molecule has 112 valence electrons. The predicted octanol–water partition coefficient (Wildman–Crippen LogP) is 4.98. The molecule has 0 aliphatic heterocycles. The van der Waals surface area contributed by atoms with E-state index in [1.54, 1.807) is 23.5 Å². The van der Waals surface area contributed by atoms with Crippen molar-refractivity contribution < 1.29 is 4.39 Å². The zero-order valence-corrected chi connectivity index (χ0v) is 13.5. The van der Waals surface area contributed by atoms with Gasteiger partial charge >= 0.3 is 0 Å². The number of thiazole rings is 1. The van der Waals surface area contributed by atoms with E-state index in [1.807, 2.05) is 0 Å². The average molecular weight is 325 g/mol. The summed E-state index contributed by atoms with van der Waals surface area (Å²) >= 11 is 7.58. The summed E-state index contributed by atoms with van der Waals surface area (Å²) < 4.78 is 13.3. The van der Waals surface area contributed by atoms with E-state index in [9.17, 15) is 4.39 Å². The average Bonchev–Trinajstić information content (AvgIpc) is 2.92. The van der Waals surface area contributed by atoms with Crippen molar-refractivity contribution in [1.29, 1.82) is 0 Å². The Morgan fingerprint density at radius 1 is 1.48 bits per heavy atom. The minimum absolute atomic E-state index is 0.154. The Labute approximate surface area is 133 Å². The molecule has 1 aromatic carbocycles. The van der Waals surface area contributed by atoms with Gasteiger partial charge in [-0.15, -0.1) is 11.3 Å². The van der Waals surface area contributed by atoms with Gasteiger partial charge in [0, 0.05) is 16.5 Å². The van der Waals surface area contributed by atoms with E-state index in [0.717, 1.165) is 30.0 Å². The highest BCUT2D eigenvalue weighted by atomic mass is 35.5. The predicted molar refractivity (Wildman–Crippen MR) is 86.5 cm³/mol. The molecule has 3 rings (SSSR count). The molecule has 1 N–H and O–H groups in total. The monoisotopic (exact) mass is 324 g/mol. The van der Waals surface area contributed by atoms with Crippen LogP contribution >= 0.6 is 22.9 Å². The second kappa shape index (κ2) is 6.42. The number of hydrogen-bond donors (Lipinski definition) is 1. The quantitative estimate of drug-likeness (QED) is 0.858. The van der Waals surface area contributed by atoms with Crippen molar-refractivity contribution in [3.05, 3.63) is 39.6 Å². The lowest BCUT2D eigenvalue weighted by Gasteiger charge is -2.22. The standard InChI is InChI=1S/C16H18ClFN2S/c1-2-8-19-13-4-3-5-14-15(13)21-16(20-14)10-6-7-12(18)11(17)9-10/h6-7,9,13,19H,2-5,8H2,1H3. The van der Waals surface area contributed by atoms with Crippen LogP contribution in [0, 0.1) is 5.82 Å². The third-order valence-electron chi connectivity index (χ3n) is 3.76. The van der Waals surface area contributed by atoms with Gasteiger partial charge in [-0.3, -0.25) is 0 Å². The SMILES string of the molecule is CCCNC1CCCc2nc(-c3ccc(F)c(Cl)c3)sc21. The molecular weight excluding hydrogens is 307 g/mol. The van der Waals surface area contributed by atoms with E-state index in [2.05, 4.69) is 12.2 Å². The molecule has 0 spiro atoms. The number of hydrogen-bond acceptors (Lipinski definition) is 3. The molecule has 0 saturated heterocycles. The lowest BCUT2D eigenvalue weighted by molar-refractivity contribution is 0.465. The van der Waals surface area contributed by atoms with E-state index in [0.29, 0.717) is 6.04 Å². The van der Waals surface area contributed by atoms with Crippen LogP contribution in [-0.4, -0.2) is 11.5 Å². The second-order valence-electron chi connectivity index (χ2n) is 5.36. The van der Waals surface area contributed by atoms with Gasteiger partial charge in [0.1, 0.15) is 10.8 Å². The van der Waals surface area contributed by atoms with E-state index < -0.39 is 0 Å². The highest BCUT2D eigenvalue weighted by Gasteiger charge is 2.24. The summed E-state index contributed by atoms with van der Waals surface area (Å²) in [5.41, 5.74) is 2.09. The molecule has 1 aromatic heterocycles. The van der Waals surface area contributed by atoms with E-state index in [-0.39, 0.29) is 10.8 Å². The van der Waals surface area contributed by atoms with Gasteiger partial charge in [0.05, 0.1) is 10.7 Å². The number of benzene rings is 1. The van der Waals surface area contributed by atoms with Crippen molar-refractivity contribution >= 4 is 22.9 Å². The van der Waals surface area contributed by atoms with Crippen LogP contribution in [0.15, 0.2) is 18.2 Å². The van der Waals surface area contributed by atoms with Crippen LogP contribution in [0.1, 0.15) is 42.8 Å². The first-order chi connectivity index (χ1) is 10.2. The first-order valence-electron chi connectivity index (χ1n) is 7.37. The Kier molecular flexibility index (Phi) is 4.57. The number of nitrogens with one attached hydrogen (secondary N) is 1. The highest BCUT2D eigenvalue weighted by molar-refractivity contribution is 7.15. The molecule has 5 heteroatoms. The molecule has 0 saturated carbocycles. The normalized spacial score (nSPS) is 17.8. The Morgan fingerprint density at radius 2 is 2.33 bits per heavy atom. The van der Waals surface area contributed by atoms with Crippen LogP contribution in [-0.2, 0) is 6.42 Å². The molecule has 1 heterocycles. The number of aryl methyl sites for hydroxylation is 1. The number of halogens is 2. The molecular formula is C16H18ClFN2S. The van der Waals surface area contributed by atoms with Crippen LogP contribution < -0.4 is 5.32 Å². The summed E-state index contributed by atoms with van der Waals surface area (Å²) in [7, 11) is 0. The lowest BCUT2D eigenvalue weighted by atomic mass is 9.98. The molecule has 0 amide bonds. The third kappa shape index (κ3) is 3.12. The molecule has 1 unspecified atom stereocenters. The molecule has 21 heavy (non-hydrogen) atoms. The topological polar surface area (TPSA) is 24.9 Å². The van der Waals surface area contributed by atoms with Crippen molar-refractivity contribution in [3.8, 4) is 10.6 Å². The molecule has 1 aliphatic rings. The zero-order chi connectivity index (χ0) is 14.8. The Hall–Kier alpha value is -0.970. The molecule has 1 atom stereocenters. The Balaban J connectivity index is 1.91. The van der Waals surface area contributed by atoms with Crippen molar-refractivity contribution in [3.63, 3.8) is 0 Å². The lowest BCUT2D eigenvalue weighted by Crippen LogP contribution is -2.24. The summed E-state index contributed by atoms with van der Waals surface area (Å²) in [5, 5.41) is 4.69. The van der Waals surface area contributed by atoms with Gasteiger partial charge in [-0.1, -0.05) is 18.5 Å². The first-order valence-corrected chi connectivity index (χ1v) is 8.57. The van der Waals surface area contributed by atoms with E-state index in [1.165, 1.54) is 29.5 Å². The van der Waals surface area contributed by atoms with Crippen molar-refractivity contribution in [2.24, 2.45) is 0 Å². The molecule has 0 fully saturated rings. The van der Waals surface area contributed by atoms with E-state index >= 15 is 0 Å². The molecule has 2 nitrogen and oxygen atoms in total. The van der Waals surface area contributed by atoms with Crippen molar-refractivity contribution in [2.45, 2.75) is 38.6 Å². The molecule has 2 aromatic rings. The number of rotatable bonds is 4. The van der Waals surface area contributed by atoms with Gasteiger partial charge in [-0.2, -0.15) is 0 Å². The van der Waals surface area contributed by atoms with E-state index in [4.69, 9.17) is 16.6 Å². The number of nitrogens with zero attached hydrogens (tertiary/aromatic N) is 1. The third-order valence-corrected chi connectivity index (χ3v) is 5.31. The molecule has 0 bridgehead atoms. The maximum Gasteiger partial charge on any atom is 0.141 e. The Morgan fingerprint density at radius 3 is 3.10 bits per heavy atom. The largest absolute Gasteiger partial charge is 0.309 e. The van der Waals surface area contributed by atoms with Crippen molar-refractivity contribution in [1.82, 2.24) is 10.3 Å².